The highest BCUT2D eigenvalue weighted by molar-refractivity contribution is 4.99. The Morgan fingerprint density at radius 1 is 0.455 bits per heavy atom. The highest BCUT2D eigenvalue weighted by Crippen LogP contribution is 2.16. The van der Waals surface area contributed by atoms with Gasteiger partial charge >= 0.3 is 0 Å². The van der Waals surface area contributed by atoms with Gasteiger partial charge in [0.25, 0.3) is 0 Å². The van der Waals surface area contributed by atoms with Crippen LogP contribution >= 0.6 is 0 Å². The minimum absolute atomic E-state index is 0.542. The van der Waals surface area contributed by atoms with Crippen LogP contribution in [0.4, 0.5) is 0 Å². The van der Waals surface area contributed by atoms with Crippen LogP contribution in [0.15, 0.2) is 72.8 Å². The van der Waals surface area contributed by atoms with Gasteiger partial charge in [-0.2, -0.15) is 0 Å². The first-order valence-electron chi connectivity index (χ1n) is 8.56. The van der Waals surface area contributed by atoms with Crippen LogP contribution < -0.4 is 0 Å². The summed E-state index contributed by atoms with van der Waals surface area (Å²) in [4.78, 5) is 0. The highest BCUT2D eigenvalue weighted by atomic mass is 14.1. The van der Waals surface area contributed by atoms with Gasteiger partial charge in [-0.25, -0.2) is 0 Å². The van der Waals surface area contributed by atoms with Crippen LogP contribution in [0.1, 0.15) is 61.8 Å². The summed E-state index contributed by atoms with van der Waals surface area (Å²) in [6.45, 7) is 16.9. The first kappa shape index (κ1) is 25.4. The van der Waals surface area contributed by atoms with Crippen LogP contribution in [0, 0.1) is 5.41 Å². The van der Waals surface area contributed by atoms with Gasteiger partial charge in [0.1, 0.15) is 0 Å². The maximum atomic E-state index is 2.24. The molecule has 0 aliphatic heterocycles. The molecule has 0 N–H and O–H groups in total. The Balaban J connectivity index is -0.000000221. The van der Waals surface area contributed by atoms with Gasteiger partial charge in [-0.15, -0.1) is 0 Å². The van der Waals surface area contributed by atoms with Crippen molar-refractivity contribution in [2.45, 2.75) is 61.8 Å². The predicted molar refractivity (Wildman–Crippen MR) is 105 cm³/mol. The average Bonchev–Trinajstić information content (AvgIpc) is 2.62. The van der Waals surface area contributed by atoms with E-state index in [9.17, 15) is 0 Å². The second-order valence-corrected chi connectivity index (χ2v) is 5.22. The predicted octanol–water partition coefficient (Wildman–Crippen LogP) is 7.87. The normalized spacial score (nSPS) is 8.18. The molecule has 0 spiro atoms. The SMILES string of the molecule is CC.CC.CCC(C)(C)C.c1ccccc1.c1ccccc1. The molecule has 0 heterocycles. The fourth-order valence-electron chi connectivity index (χ4n) is 0.770. The van der Waals surface area contributed by atoms with E-state index in [-0.39, 0.29) is 0 Å². The maximum absolute atomic E-state index is 2.24. The Bertz CT molecular complexity index is 258. The molecule has 2 aromatic carbocycles. The number of rotatable bonds is 0. The number of hydrogen-bond donors (Lipinski definition) is 0. The van der Waals surface area contributed by atoms with E-state index in [1.165, 1.54) is 6.42 Å². The van der Waals surface area contributed by atoms with Gasteiger partial charge in [0, 0.05) is 0 Å². The van der Waals surface area contributed by atoms with Crippen molar-refractivity contribution in [2.24, 2.45) is 5.41 Å². The molecule has 0 saturated carbocycles. The molecule has 2 aromatic rings. The summed E-state index contributed by atoms with van der Waals surface area (Å²) in [7, 11) is 0. The summed E-state index contributed by atoms with van der Waals surface area (Å²) in [6.07, 6.45) is 1.27. The first-order valence-corrected chi connectivity index (χ1v) is 8.56. The van der Waals surface area contributed by atoms with E-state index in [0.717, 1.165) is 0 Å². The topological polar surface area (TPSA) is 0 Å². The molecule has 0 amide bonds. The summed E-state index contributed by atoms with van der Waals surface area (Å²) < 4.78 is 0. The summed E-state index contributed by atoms with van der Waals surface area (Å²) in [5, 5.41) is 0. The molecule has 0 bridgehead atoms. The Kier molecular flexibility index (Phi) is 25.1. The molecule has 0 fully saturated rings. The molecule has 0 aliphatic rings. The minimum Gasteiger partial charge on any atom is -0.0683 e. The van der Waals surface area contributed by atoms with Gasteiger partial charge in [-0.05, 0) is 5.41 Å². The van der Waals surface area contributed by atoms with Crippen LogP contribution in [-0.2, 0) is 0 Å². The zero-order valence-corrected chi connectivity index (χ0v) is 16.1. The van der Waals surface area contributed by atoms with Crippen molar-refractivity contribution in [1.29, 1.82) is 0 Å². The Labute approximate surface area is 140 Å². The molecule has 126 valence electrons. The lowest BCUT2D eigenvalue weighted by Gasteiger charge is -2.12. The number of hydrogen-bond acceptors (Lipinski definition) is 0. The van der Waals surface area contributed by atoms with Crippen molar-refractivity contribution in [1.82, 2.24) is 0 Å². The molecule has 22 heavy (non-hydrogen) atoms. The lowest BCUT2D eigenvalue weighted by atomic mass is 9.94. The quantitative estimate of drug-likeness (QED) is 0.464. The van der Waals surface area contributed by atoms with Gasteiger partial charge in [-0.3, -0.25) is 0 Å². The number of benzene rings is 2. The fourth-order valence-corrected chi connectivity index (χ4v) is 0.770. The lowest BCUT2D eigenvalue weighted by molar-refractivity contribution is 0.398. The lowest BCUT2D eigenvalue weighted by Crippen LogP contribution is -2.00. The van der Waals surface area contributed by atoms with Crippen molar-refractivity contribution < 1.29 is 0 Å². The van der Waals surface area contributed by atoms with Crippen LogP contribution in [-0.4, -0.2) is 0 Å². The summed E-state index contributed by atoms with van der Waals surface area (Å²) in [6, 6.07) is 24.0. The van der Waals surface area contributed by atoms with Crippen molar-refractivity contribution in [3.63, 3.8) is 0 Å². The van der Waals surface area contributed by atoms with Gasteiger partial charge in [0.05, 0.1) is 0 Å². The largest absolute Gasteiger partial charge is 0.0683 e. The molecule has 0 radical (unpaired) electrons. The highest BCUT2D eigenvalue weighted by Gasteiger charge is 2.03. The van der Waals surface area contributed by atoms with E-state index in [1.54, 1.807) is 0 Å². The molecular formula is C22H38. The summed E-state index contributed by atoms with van der Waals surface area (Å²) in [5.41, 5.74) is 0.542. The van der Waals surface area contributed by atoms with Gasteiger partial charge < -0.3 is 0 Å². The molecule has 0 aliphatic carbocycles. The van der Waals surface area contributed by atoms with E-state index in [1.807, 2.05) is 100 Å². The van der Waals surface area contributed by atoms with Crippen molar-refractivity contribution in [3.05, 3.63) is 72.8 Å². The van der Waals surface area contributed by atoms with E-state index >= 15 is 0 Å². The van der Waals surface area contributed by atoms with Crippen LogP contribution in [0.5, 0.6) is 0 Å². The van der Waals surface area contributed by atoms with Crippen molar-refractivity contribution >= 4 is 0 Å². The maximum Gasteiger partial charge on any atom is -0.0385 e. The first-order chi connectivity index (χ1) is 10.6. The summed E-state index contributed by atoms with van der Waals surface area (Å²) in [5.74, 6) is 0. The average molecular weight is 303 g/mol. The third-order valence-corrected chi connectivity index (χ3v) is 2.39. The zero-order chi connectivity index (χ0) is 17.7. The van der Waals surface area contributed by atoms with E-state index in [4.69, 9.17) is 0 Å². The van der Waals surface area contributed by atoms with Crippen LogP contribution in [0.25, 0.3) is 0 Å². The molecule has 0 atom stereocenters. The minimum atomic E-state index is 0.542. The monoisotopic (exact) mass is 302 g/mol. The molecule has 0 nitrogen and oxygen atoms in total. The molecule has 0 heteroatoms. The molecule has 2 rings (SSSR count). The Morgan fingerprint density at radius 3 is 0.591 bits per heavy atom. The molecule has 0 unspecified atom stereocenters. The fraction of sp³-hybridized carbons (Fsp3) is 0.455. The van der Waals surface area contributed by atoms with Crippen molar-refractivity contribution in [2.75, 3.05) is 0 Å². The molecular weight excluding hydrogens is 264 g/mol. The van der Waals surface area contributed by atoms with E-state index in [0.29, 0.717) is 5.41 Å². The van der Waals surface area contributed by atoms with Crippen LogP contribution in [0.3, 0.4) is 0 Å². The Morgan fingerprint density at radius 2 is 0.545 bits per heavy atom. The molecule has 0 saturated heterocycles. The Hall–Kier alpha value is -1.56. The van der Waals surface area contributed by atoms with Gasteiger partial charge in [0.15, 0.2) is 0 Å². The van der Waals surface area contributed by atoms with Crippen molar-refractivity contribution in [3.8, 4) is 0 Å². The third-order valence-electron chi connectivity index (χ3n) is 2.39. The third kappa shape index (κ3) is 31.0. The van der Waals surface area contributed by atoms with Gasteiger partial charge in [-0.1, -0.05) is 135 Å². The second-order valence-electron chi connectivity index (χ2n) is 5.22. The van der Waals surface area contributed by atoms with Gasteiger partial charge in [0.2, 0.25) is 0 Å². The smallest absolute Gasteiger partial charge is 0.0385 e. The van der Waals surface area contributed by atoms with Crippen LogP contribution in [0.2, 0.25) is 0 Å². The van der Waals surface area contributed by atoms with E-state index < -0.39 is 0 Å². The second kappa shape index (κ2) is 21.7. The summed E-state index contributed by atoms with van der Waals surface area (Å²) >= 11 is 0. The molecule has 0 aromatic heterocycles. The zero-order valence-electron chi connectivity index (χ0n) is 16.1. The standard InChI is InChI=1S/2C6H6.C6H14.2C2H6/c2*1-2-4-6-5-3-1;1-5-6(2,3)4;2*1-2/h2*1-6H;5H2,1-4H3;2*1-2H3. The van der Waals surface area contributed by atoms with E-state index in [2.05, 4.69) is 27.7 Å².